The monoisotopic (exact) mass is 310 g/mol. The molecular formula is C20H26N2O. The fraction of sp³-hybridized carbons (Fsp3) is 0.500. The molecule has 2 saturated heterocycles. The van der Waals surface area contributed by atoms with Crippen LogP contribution in [0.5, 0.6) is 0 Å². The molecule has 3 heteroatoms. The van der Waals surface area contributed by atoms with Gasteiger partial charge in [-0.3, -0.25) is 9.80 Å². The highest BCUT2D eigenvalue weighted by Gasteiger charge is 2.26. The fourth-order valence-electron chi connectivity index (χ4n) is 4.10. The van der Waals surface area contributed by atoms with Crippen molar-refractivity contribution in [1.29, 1.82) is 0 Å². The molecule has 2 aromatic rings. The molecule has 0 radical (unpaired) electrons. The van der Waals surface area contributed by atoms with E-state index in [0.717, 1.165) is 18.3 Å². The van der Waals surface area contributed by atoms with Crippen molar-refractivity contribution in [2.45, 2.75) is 38.3 Å². The molecule has 0 bridgehead atoms. The molecule has 2 fully saturated rings. The van der Waals surface area contributed by atoms with Gasteiger partial charge >= 0.3 is 0 Å². The molecule has 2 aliphatic rings. The summed E-state index contributed by atoms with van der Waals surface area (Å²) < 4.78 is 5.53. The number of hydrogen-bond acceptors (Lipinski definition) is 3. The summed E-state index contributed by atoms with van der Waals surface area (Å²) in [6.45, 7) is 6.14. The van der Waals surface area contributed by atoms with Gasteiger partial charge in [-0.1, -0.05) is 18.2 Å². The van der Waals surface area contributed by atoms with Crippen LogP contribution in [0.1, 0.15) is 31.2 Å². The lowest BCUT2D eigenvalue weighted by Gasteiger charge is -2.37. The van der Waals surface area contributed by atoms with Gasteiger partial charge < -0.3 is 4.42 Å². The SMILES string of the molecule is c1cc(CN2CCCC(N3CCCC3)C2)cc(-c2ccco2)c1. The summed E-state index contributed by atoms with van der Waals surface area (Å²) in [5, 5.41) is 0. The molecule has 4 rings (SSSR count). The van der Waals surface area contributed by atoms with Gasteiger partial charge in [0.1, 0.15) is 5.76 Å². The Morgan fingerprint density at radius 3 is 2.74 bits per heavy atom. The van der Waals surface area contributed by atoms with Crippen LogP contribution in [0, 0.1) is 0 Å². The smallest absolute Gasteiger partial charge is 0.133 e. The number of benzene rings is 1. The van der Waals surface area contributed by atoms with Crippen molar-refractivity contribution in [3.05, 3.63) is 48.2 Å². The third-order valence-electron chi connectivity index (χ3n) is 5.28. The average Bonchev–Trinajstić information content (AvgIpc) is 3.29. The van der Waals surface area contributed by atoms with E-state index in [2.05, 4.69) is 34.1 Å². The zero-order valence-electron chi connectivity index (χ0n) is 13.8. The second kappa shape index (κ2) is 6.90. The van der Waals surface area contributed by atoms with Gasteiger partial charge in [0.15, 0.2) is 0 Å². The number of furan rings is 1. The van der Waals surface area contributed by atoms with Crippen LogP contribution in [0.2, 0.25) is 0 Å². The summed E-state index contributed by atoms with van der Waals surface area (Å²) in [5.41, 5.74) is 2.57. The maximum absolute atomic E-state index is 5.53. The van der Waals surface area contributed by atoms with Crippen molar-refractivity contribution < 1.29 is 4.42 Å². The predicted octanol–water partition coefficient (Wildman–Crippen LogP) is 4.01. The molecule has 122 valence electrons. The molecular weight excluding hydrogens is 284 g/mol. The number of likely N-dealkylation sites (tertiary alicyclic amines) is 2. The number of nitrogens with zero attached hydrogens (tertiary/aromatic N) is 2. The van der Waals surface area contributed by atoms with Crippen LogP contribution >= 0.6 is 0 Å². The van der Waals surface area contributed by atoms with Gasteiger partial charge in [-0.2, -0.15) is 0 Å². The number of rotatable bonds is 4. The highest BCUT2D eigenvalue weighted by atomic mass is 16.3. The lowest BCUT2D eigenvalue weighted by Crippen LogP contribution is -2.46. The maximum Gasteiger partial charge on any atom is 0.133 e. The normalized spacial score (nSPS) is 23.4. The second-order valence-electron chi connectivity index (χ2n) is 6.95. The number of piperidine rings is 1. The van der Waals surface area contributed by atoms with Crippen molar-refractivity contribution >= 4 is 0 Å². The van der Waals surface area contributed by atoms with Gasteiger partial charge in [-0.25, -0.2) is 0 Å². The van der Waals surface area contributed by atoms with Crippen LogP contribution in [-0.4, -0.2) is 42.0 Å². The van der Waals surface area contributed by atoms with E-state index in [1.807, 2.05) is 12.1 Å². The van der Waals surface area contributed by atoms with Crippen LogP contribution in [0.3, 0.4) is 0 Å². The molecule has 3 heterocycles. The highest BCUT2D eigenvalue weighted by Crippen LogP contribution is 2.24. The fourth-order valence-corrected chi connectivity index (χ4v) is 4.10. The van der Waals surface area contributed by atoms with E-state index in [1.165, 1.54) is 63.0 Å². The van der Waals surface area contributed by atoms with E-state index in [9.17, 15) is 0 Å². The Labute approximate surface area is 138 Å². The molecule has 1 aromatic heterocycles. The Kier molecular flexibility index (Phi) is 4.49. The van der Waals surface area contributed by atoms with Crippen LogP contribution in [0.4, 0.5) is 0 Å². The lowest BCUT2D eigenvalue weighted by molar-refractivity contribution is 0.110. The second-order valence-corrected chi connectivity index (χ2v) is 6.95. The highest BCUT2D eigenvalue weighted by molar-refractivity contribution is 5.58. The average molecular weight is 310 g/mol. The summed E-state index contributed by atoms with van der Waals surface area (Å²) in [4.78, 5) is 5.35. The molecule has 0 saturated carbocycles. The summed E-state index contributed by atoms with van der Waals surface area (Å²) in [5.74, 6) is 0.959. The first kappa shape index (κ1) is 15.0. The number of hydrogen-bond donors (Lipinski definition) is 0. The standard InChI is InChI=1S/C20H26N2O/c1-2-12-22(11-1)19-8-4-10-21(16-19)15-17-6-3-7-18(14-17)20-9-5-13-23-20/h3,5-7,9,13-14,19H,1-2,4,8,10-12,15-16H2. The molecule has 0 amide bonds. The van der Waals surface area contributed by atoms with Crippen molar-refractivity contribution in [1.82, 2.24) is 9.80 Å². The molecule has 23 heavy (non-hydrogen) atoms. The van der Waals surface area contributed by atoms with E-state index >= 15 is 0 Å². The minimum Gasteiger partial charge on any atom is -0.464 e. The quantitative estimate of drug-likeness (QED) is 0.851. The van der Waals surface area contributed by atoms with E-state index in [1.54, 1.807) is 6.26 Å². The summed E-state index contributed by atoms with van der Waals surface area (Å²) in [7, 11) is 0. The van der Waals surface area contributed by atoms with Crippen molar-refractivity contribution in [3.8, 4) is 11.3 Å². The molecule has 0 N–H and O–H groups in total. The predicted molar refractivity (Wildman–Crippen MR) is 93.3 cm³/mol. The van der Waals surface area contributed by atoms with Gasteiger partial charge in [0.05, 0.1) is 6.26 Å². The summed E-state index contributed by atoms with van der Waals surface area (Å²) in [6, 6.07) is 13.6. The van der Waals surface area contributed by atoms with Crippen LogP contribution in [0.15, 0.2) is 47.1 Å². The first-order valence-corrected chi connectivity index (χ1v) is 8.98. The van der Waals surface area contributed by atoms with Crippen molar-refractivity contribution in [3.63, 3.8) is 0 Å². The largest absolute Gasteiger partial charge is 0.464 e. The topological polar surface area (TPSA) is 19.6 Å². The first-order chi connectivity index (χ1) is 11.4. The van der Waals surface area contributed by atoms with Crippen LogP contribution in [0.25, 0.3) is 11.3 Å². The minimum atomic E-state index is 0.777. The van der Waals surface area contributed by atoms with E-state index in [4.69, 9.17) is 4.42 Å². The molecule has 2 aliphatic heterocycles. The molecule has 1 atom stereocenters. The van der Waals surface area contributed by atoms with E-state index < -0.39 is 0 Å². The maximum atomic E-state index is 5.53. The molecule has 3 nitrogen and oxygen atoms in total. The van der Waals surface area contributed by atoms with Gasteiger partial charge in [0, 0.05) is 24.7 Å². The lowest BCUT2D eigenvalue weighted by atomic mass is 10.0. The molecule has 0 spiro atoms. The summed E-state index contributed by atoms with van der Waals surface area (Å²) >= 11 is 0. The van der Waals surface area contributed by atoms with Crippen molar-refractivity contribution in [2.75, 3.05) is 26.2 Å². The minimum absolute atomic E-state index is 0.777. The van der Waals surface area contributed by atoms with E-state index in [-0.39, 0.29) is 0 Å². The Morgan fingerprint density at radius 1 is 1.00 bits per heavy atom. The van der Waals surface area contributed by atoms with Gasteiger partial charge in [0.25, 0.3) is 0 Å². The first-order valence-electron chi connectivity index (χ1n) is 8.98. The third-order valence-corrected chi connectivity index (χ3v) is 5.28. The van der Waals surface area contributed by atoms with Gasteiger partial charge in [0.2, 0.25) is 0 Å². The van der Waals surface area contributed by atoms with Crippen LogP contribution < -0.4 is 0 Å². The van der Waals surface area contributed by atoms with Crippen molar-refractivity contribution in [2.24, 2.45) is 0 Å². The molecule has 0 aliphatic carbocycles. The summed E-state index contributed by atoms with van der Waals surface area (Å²) in [6.07, 6.45) is 7.23. The Morgan fingerprint density at radius 2 is 1.91 bits per heavy atom. The Hall–Kier alpha value is -1.58. The Balaban J connectivity index is 1.42. The zero-order valence-corrected chi connectivity index (χ0v) is 13.8. The molecule has 1 unspecified atom stereocenters. The van der Waals surface area contributed by atoms with Gasteiger partial charge in [-0.15, -0.1) is 0 Å². The van der Waals surface area contributed by atoms with Crippen LogP contribution in [-0.2, 0) is 6.54 Å². The van der Waals surface area contributed by atoms with Gasteiger partial charge in [-0.05, 0) is 69.1 Å². The van der Waals surface area contributed by atoms with E-state index in [0.29, 0.717) is 0 Å². The zero-order chi connectivity index (χ0) is 15.5. The Bertz CT molecular complexity index is 616. The molecule has 1 aromatic carbocycles. The third kappa shape index (κ3) is 3.51.